The predicted octanol–water partition coefficient (Wildman–Crippen LogP) is 2.22. The molecule has 0 aliphatic carbocycles. The van der Waals surface area contributed by atoms with E-state index >= 15 is 0 Å². The molecule has 0 aromatic heterocycles. The van der Waals surface area contributed by atoms with Crippen molar-refractivity contribution >= 4 is 15.9 Å². The Hall–Kier alpha value is -0.740. The van der Waals surface area contributed by atoms with E-state index in [0.29, 0.717) is 11.5 Å². The first kappa shape index (κ1) is 11.3. The summed E-state index contributed by atoms with van der Waals surface area (Å²) in [5, 5.41) is 8.84. The van der Waals surface area contributed by atoms with Gasteiger partial charge < -0.3 is 14.6 Å². The highest BCUT2D eigenvalue weighted by molar-refractivity contribution is 9.10. The maximum absolute atomic E-state index is 8.84. The van der Waals surface area contributed by atoms with Gasteiger partial charge >= 0.3 is 0 Å². The zero-order chi connectivity index (χ0) is 10.6. The van der Waals surface area contributed by atoms with Crippen molar-refractivity contribution in [2.24, 2.45) is 0 Å². The summed E-state index contributed by atoms with van der Waals surface area (Å²) < 4.78 is 11.5. The quantitative estimate of drug-likeness (QED) is 0.903. The maximum atomic E-state index is 8.84. The molecule has 1 rings (SSSR count). The molecule has 1 aromatic rings. The number of ether oxygens (including phenoxy) is 2. The van der Waals surface area contributed by atoms with Gasteiger partial charge in [-0.1, -0.05) is 15.9 Å². The second-order valence-corrected chi connectivity index (χ2v) is 3.82. The number of hydrogen-bond acceptors (Lipinski definition) is 3. The number of halogens is 1. The average molecular weight is 261 g/mol. The van der Waals surface area contributed by atoms with E-state index in [9.17, 15) is 0 Å². The van der Waals surface area contributed by atoms with Crippen LogP contribution in [0.4, 0.5) is 0 Å². The largest absolute Gasteiger partial charge is 0.493 e. The maximum Gasteiger partial charge on any atom is 0.161 e. The first-order chi connectivity index (χ1) is 6.67. The van der Waals surface area contributed by atoms with E-state index < -0.39 is 0 Å². The van der Waals surface area contributed by atoms with E-state index in [2.05, 4.69) is 15.9 Å². The van der Waals surface area contributed by atoms with Crippen LogP contribution in [0.2, 0.25) is 0 Å². The number of hydrogen-bond donors (Lipinski definition) is 1. The van der Waals surface area contributed by atoms with Gasteiger partial charge in [0.1, 0.15) is 6.10 Å². The minimum Gasteiger partial charge on any atom is -0.493 e. The molecule has 1 atom stereocenters. The minimum atomic E-state index is -0.231. The van der Waals surface area contributed by atoms with Gasteiger partial charge in [-0.05, 0) is 25.1 Å². The van der Waals surface area contributed by atoms with E-state index in [4.69, 9.17) is 14.6 Å². The van der Waals surface area contributed by atoms with Gasteiger partial charge in [0.2, 0.25) is 0 Å². The van der Waals surface area contributed by atoms with E-state index in [1.165, 1.54) is 0 Å². The molecule has 0 amide bonds. The highest BCUT2D eigenvalue weighted by Crippen LogP contribution is 2.30. The molecule has 0 spiro atoms. The third-order valence-corrected chi connectivity index (χ3v) is 2.20. The predicted molar refractivity (Wildman–Crippen MR) is 57.9 cm³/mol. The van der Waals surface area contributed by atoms with Crippen LogP contribution in [0, 0.1) is 0 Å². The van der Waals surface area contributed by atoms with Crippen molar-refractivity contribution in [1.29, 1.82) is 0 Å². The summed E-state index contributed by atoms with van der Waals surface area (Å²) in [6, 6.07) is 5.48. The Bertz CT molecular complexity index is 301. The molecule has 0 aliphatic heterocycles. The normalized spacial score (nSPS) is 12.3. The van der Waals surface area contributed by atoms with Crippen LogP contribution in [0.5, 0.6) is 11.5 Å². The van der Waals surface area contributed by atoms with E-state index in [-0.39, 0.29) is 12.7 Å². The van der Waals surface area contributed by atoms with Gasteiger partial charge in [0, 0.05) is 4.47 Å². The summed E-state index contributed by atoms with van der Waals surface area (Å²) in [6.07, 6.45) is -0.231. The third-order valence-electron chi connectivity index (χ3n) is 1.71. The Morgan fingerprint density at radius 3 is 2.71 bits per heavy atom. The number of benzene rings is 1. The lowest BCUT2D eigenvalue weighted by atomic mass is 10.3. The molecule has 0 saturated carbocycles. The zero-order valence-corrected chi connectivity index (χ0v) is 9.74. The van der Waals surface area contributed by atoms with Crippen molar-refractivity contribution in [3.8, 4) is 11.5 Å². The minimum absolute atomic E-state index is 0.0147. The monoisotopic (exact) mass is 260 g/mol. The second-order valence-electron chi connectivity index (χ2n) is 2.91. The van der Waals surface area contributed by atoms with Gasteiger partial charge in [-0.15, -0.1) is 0 Å². The van der Waals surface area contributed by atoms with Gasteiger partial charge in [0.15, 0.2) is 11.5 Å². The topological polar surface area (TPSA) is 38.7 Å². The molecule has 78 valence electrons. The molecule has 0 fully saturated rings. The van der Waals surface area contributed by atoms with Crippen LogP contribution in [-0.2, 0) is 0 Å². The highest BCUT2D eigenvalue weighted by atomic mass is 79.9. The van der Waals surface area contributed by atoms with Crippen molar-refractivity contribution in [3.05, 3.63) is 22.7 Å². The fourth-order valence-corrected chi connectivity index (χ4v) is 1.33. The van der Waals surface area contributed by atoms with E-state index in [0.717, 1.165) is 4.47 Å². The highest BCUT2D eigenvalue weighted by Gasteiger charge is 2.08. The van der Waals surface area contributed by atoms with Crippen LogP contribution in [-0.4, -0.2) is 24.9 Å². The summed E-state index contributed by atoms with van der Waals surface area (Å²) in [5.41, 5.74) is 0. The lowest BCUT2D eigenvalue weighted by Crippen LogP contribution is -2.16. The molecule has 1 N–H and O–H groups in total. The van der Waals surface area contributed by atoms with E-state index in [1.54, 1.807) is 20.1 Å². The summed E-state index contributed by atoms with van der Waals surface area (Å²) >= 11 is 3.34. The first-order valence-electron chi connectivity index (χ1n) is 4.28. The summed E-state index contributed by atoms with van der Waals surface area (Å²) in [5.74, 6) is 1.29. The molecule has 14 heavy (non-hydrogen) atoms. The molecule has 0 heterocycles. The molecule has 0 saturated heterocycles. The molecule has 0 aliphatic rings. The molecule has 0 bridgehead atoms. The van der Waals surface area contributed by atoms with Gasteiger partial charge in [0.25, 0.3) is 0 Å². The average Bonchev–Trinajstić information content (AvgIpc) is 2.20. The Balaban J connectivity index is 2.85. The lowest BCUT2D eigenvalue weighted by Gasteiger charge is -2.14. The first-order valence-corrected chi connectivity index (χ1v) is 5.07. The standard InChI is InChI=1S/C10H13BrO3/c1-7(6-12)14-9-4-3-8(11)5-10(9)13-2/h3-5,7,12H,6H2,1-2H3/t7-/m1/s1. The molecule has 1 aromatic carbocycles. The number of methoxy groups -OCH3 is 1. The second kappa shape index (κ2) is 5.22. The summed E-state index contributed by atoms with van der Waals surface area (Å²) in [7, 11) is 1.58. The SMILES string of the molecule is COc1cc(Br)ccc1O[C@H](C)CO. The summed E-state index contributed by atoms with van der Waals surface area (Å²) in [4.78, 5) is 0. The van der Waals surface area contributed by atoms with Crippen molar-refractivity contribution in [3.63, 3.8) is 0 Å². The molecule has 3 nitrogen and oxygen atoms in total. The Kier molecular flexibility index (Phi) is 4.22. The number of aliphatic hydroxyl groups excluding tert-OH is 1. The fraction of sp³-hybridized carbons (Fsp3) is 0.400. The lowest BCUT2D eigenvalue weighted by molar-refractivity contribution is 0.126. The van der Waals surface area contributed by atoms with Crippen LogP contribution in [0.25, 0.3) is 0 Å². The van der Waals surface area contributed by atoms with Crippen LogP contribution >= 0.6 is 15.9 Å². The van der Waals surface area contributed by atoms with E-state index in [1.807, 2.05) is 12.1 Å². The molecular weight excluding hydrogens is 248 g/mol. The Labute approximate surface area is 91.8 Å². The van der Waals surface area contributed by atoms with Crippen LogP contribution in [0.1, 0.15) is 6.92 Å². The van der Waals surface area contributed by atoms with Crippen LogP contribution < -0.4 is 9.47 Å². The van der Waals surface area contributed by atoms with Crippen molar-refractivity contribution < 1.29 is 14.6 Å². The Morgan fingerprint density at radius 2 is 2.14 bits per heavy atom. The zero-order valence-electron chi connectivity index (χ0n) is 8.16. The summed E-state index contributed by atoms with van der Waals surface area (Å²) in [6.45, 7) is 1.78. The van der Waals surface area contributed by atoms with Crippen molar-refractivity contribution in [2.45, 2.75) is 13.0 Å². The number of rotatable bonds is 4. The molecular formula is C10H13BrO3. The van der Waals surface area contributed by atoms with Crippen molar-refractivity contribution in [2.75, 3.05) is 13.7 Å². The van der Waals surface area contributed by atoms with Crippen molar-refractivity contribution in [1.82, 2.24) is 0 Å². The fourth-order valence-electron chi connectivity index (χ4n) is 0.993. The van der Waals surface area contributed by atoms with Crippen LogP contribution in [0.3, 0.4) is 0 Å². The molecule has 0 unspecified atom stereocenters. The molecule has 4 heteroatoms. The van der Waals surface area contributed by atoms with Gasteiger partial charge in [-0.2, -0.15) is 0 Å². The van der Waals surface area contributed by atoms with Gasteiger partial charge in [0.05, 0.1) is 13.7 Å². The Morgan fingerprint density at radius 1 is 1.43 bits per heavy atom. The van der Waals surface area contributed by atoms with Crippen LogP contribution in [0.15, 0.2) is 22.7 Å². The van der Waals surface area contributed by atoms with Gasteiger partial charge in [-0.25, -0.2) is 0 Å². The third kappa shape index (κ3) is 2.89. The smallest absolute Gasteiger partial charge is 0.161 e. The number of aliphatic hydroxyl groups is 1. The van der Waals surface area contributed by atoms with Gasteiger partial charge in [-0.3, -0.25) is 0 Å². The molecule has 0 radical (unpaired) electrons.